The number of rotatable bonds is 6. The summed E-state index contributed by atoms with van der Waals surface area (Å²) in [6, 6.07) is 14.1. The zero-order valence-corrected chi connectivity index (χ0v) is 13.0. The zero-order chi connectivity index (χ0) is 15.1. The third kappa shape index (κ3) is 5.28. The molecule has 0 saturated carbocycles. The molecule has 0 aliphatic rings. The van der Waals surface area contributed by atoms with Crippen molar-refractivity contribution >= 4 is 27.5 Å². The first-order chi connectivity index (χ1) is 10.1. The molecule has 0 spiro atoms. The lowest BCUT2D eigenvalue weighted by Gasteiger charge is -2.07. The number of nitrogens with one attached hydrogen (secondary N) is 2. The van der Waals surface area contributed by atoms with E-state index in [1.54, 1.807) is 18.2 Å². The van der Waals surface area contributed by atoms with Crippen LogP contribution in [0.1, 0.15) is 5.56 Å². The summed E-state index contributed by atoms with van der Waals surface area (Å²) < 4.78 is 14.3. The van der Waals surface area contributed by atoms with Crippen LogP contribution in [-0.4, -0.2) is 19.0 Å². The molecule has 0 heterocycles. The standard InChI is InChI=1S/C16H16BrFN2O/c17-13-5-3-6-14(10-13)20-16(21)11-19-9-8-12-4-1-2-7-15(12)18/h1-7,10,19H,8-9,11H2,(H,20,21). The molecule has 2 rings (SSSR count). The number of carbonyl (C=O) groups is 1. The third-order valence-electron chi connectivity index (χ3n) is 2.92. The summed E-state index contributed by atoms with van der Waals surface area (Å²) in [7, 11) is 0. The predicted molar refractivity (Wildman–Crippen MR) is 85.7 cm³/mol. The van der Waals surface area contributed by atoms with Crippen molar-refractivity contribution in [1.82, 2.24) is 5.32 Å². The lowest BCUT2D eigenvalue weighted by molar-refractivity contribution is -0.115. The van der Waals surface area contributed by atoms with E-state index in [2.05, 4.69) is 26.6 Å². The maximum Gasteiger partial charge on any atom is 0.238 e. The summed E-state index contributed by atoms with van der Waals surface area (Å²) in [6.07, 6.45) is 0.552. The van der Waals surface area contributed by atoms with E-state index < -0.39 is 0 Å². The minimum absolute atomic E-state index is 0.123. The van der Waals surface area contributed by atoms with Crippen LogP contribution < -0.4 is 10.6 Å². The smallest absolute Gasteiger partial charge is 0.238 e. The summed E-state index contributed by atoms with van der Waals surface area (Å²) in [6.45, 7) is 0.744. The number of anilines is 1. The molecule has 3 nitrogen and oxygen atoms in total. The highest BCUT2D eigenvalue weighted by Crippen LogP contribution is 2.15. The van der Waals surface area contributed by atoms with E-state index in [4.69, 9.17) is 0 Å². The first-order valence-electron chi connectivity index (χ1n) is 6.65. The van der Waals surface area contributed by atoms with Gasteiger partial charge in [-0.2, -0.15) is 0 Å². The highest BCUT2D eigenvalue weighted by Gasteiger charge is 2.03. The lowest BCUT2D eigenvalue weighted by Crippen LogP contribution is -2.29. The van der Waals surface area contributed by atoms with Gasteiger partial charge in [-0.15, -0.1) is 0 Å². The SMILES string of the molecule is O=C(CNCCc1ccccc1F)Nc1cccc(Br)c1. The van der Waals surface area contributed by atoms with Gasteiger partial charge in [-0.25, -0.2) is 4.39 Å². The lowest BCUT2D eigenvalue weighted by atomic mass is 10.1. The Bertz CT molecular complexity index is 619. The van der Waals surface area contributed by atoms with Crippen molar-refractivity contribution in [2.75, 3.05) is 18.4 Å². The van der Waals surface area contributed by atoms with Gasteiger partial charge in [-0.05, 0) is 42.8 Å². The summed E-state index contributed by atoms with van der Waals surface area (Å²) in [5.41, 5.74) is 1.39. The molecule has 0 aromatic heterocycles. The molecule has 21 heavy (non-hydrogen) atoms. The fourth-order valence-corrected chi connectivity index (χ4v) is 2.30. The molecule has 0 bridgehead atoms. The molecule has 1 amide bonds. The quantitative estimate of drug-likeness (QED) is 0.784. The van der Waals surface area contributed by atoms with Gasteiger partial charge < -0.3 is 10.6 Å². The number of amides is 1. The van der Waals surface area contributed by atoms with Crippen LogP contribution in [0.5, 0.6) is 0 Å². The van der Waals surface area contributed by atoms with Crippen molar-refractivity contribution in [3.8, 4) is 0 Å². The van der Waals surface area contributed by atoms with E-state index in [9.17, 15) is 9.18 Å². The van der Waals surface area contributed by atoms with Crippen molar-refractivity contribution in [2.24, 2.45) is 0 Å². The Balaban J connectivity index is 1.71. The maximum atomic E-state index is 13.4. The molecule has 0 atom stereocenters. The van der Waals surface area contributed by atoms with E-state index >= 15 is 0 Å². The summed E-state index contributed by atoms with van der Waals surface area (Å²) in [5, 5.41) is 5.79. The molecule has 0 fully saturated rings. The Kier molecular flexibility index (Phi) is 5.90. The van der Waals surface area contributed by atoms with Gasteiger partial charge in [-0.3, -0.25) is 4.79 Å². The second-order valence-electron chi connectivity index (χ2n) is 4.58. The molecule has 2 aromatic carbocycles. The van der Waals surface area contributed by atoms with Crippen LogP contribution >= 0.6 is 15.9 Å². The van der Waals surface area contributed by atoms with Crippen LogP contribution in [0.25, 0.3) is 0 Å². The minimum Gasteiger partial charge on any atom is -0.325 e. The van der Waals surface area contributed by atoms with Crippen molar-refractivity contribution in [1.29, 1.82) is 0 Å². The Labute approximate surface area is 131 Å². The fraction of sp³-hybridized carbons (Fsp3) is 0.188. The first-order valence-corrected chi connectivity index (χ1v) is 7.44. The van der Waals surface area contributed by atoms with E-state index in [0.717, 1.165) is 10.2 Å². The Morgan fingerprint density at radius 2 is 1.95 bits per heavy atom. The fourth-order valence-electron chi connectivity index (χ4n) is 1.90. The largest absolute Gasteiger partial charge is 0.325 e. The number of hydrogen-bond donors (Lipinski definition) is 2. The Morgan fingerprint density at radius 1 is 1.14 bits per heavy atom. The topological polar surface area (TPSA) is 41.1 Å². The molecule has 0 aliphatic heterocycles. The predicted octanol–water partition coefficient (Wildman–Crippen LogP) is 3.36. The van der Waals surface area contributed by atoms with Gasteiger partial charge in [-0.1, -0.05) is 40.2 Å². The van der Waals surface area contributed by atoms with E-state index in [-0.39, 0.29) is 18.3 Å². The van der Waals surface area contributed by atoms with E-state index in [0.29, 0.717) is 18.5 Å². The van der Waals surface area contributed by atoms with Gasteiger partial charge in [0.1, 0.15) is 5.82 Å². The van der Waals surface area contributed by atoms with Crippen LogP contribution in [-0.2, 0) is 11.2 Å². The maximum absolute atomic E-state index is 13.4. The molecule has 0 aliphatic carbocycles. The summed E-state index contributed by atoms with van der Waals surface area (Å²) in [4.78, 5) is 11.7. The Morgan fingerprint density at radius 3 is 2.71 bits per heavy atom. The summed E-state index contributed by atoms with van der Waals surface area (Å²) in [5.74, 6) is -0.334. The molecule has 0 radical (unpaired) electrons. The highest BCUT2D eigenvalue weighted by atomic mass is 79.9. The number of carbonyl (C=O) groups excluding carboxylic acids is 1. The molecule has 2 aromatic rings. The van der Waals surface area contributed by atoms with Gasteiger partial charge in [0.2, 0.25) is 5.91 Å². The van der Waals surface area contributed by atoms with Crippen LogP contribution in [0.4, 0.5) is 10.1 Å². The third-order valence-corrected chi connectivity index (χ3v) is 3.42. The van der Waals surface area contributed by atoms with Crippen molar-refractivity contribution < 1.29 is 9.18 Å². The molecule has 5 heteroatoms. The number of hydrogen-bond acceptors (Lipinski definition) is 2. The van der Waals surface area contributed by atoms with E-state index in [1.807, 2.05) is 24.3 Å². The second kappa shape index (κ2) is 7.90. The van der Waals surface area contributed by atoms with Crippen molar-refractivity contribution in [3.05, 3.63) is 64.4 Å². The molecule has 0 unspecified atom stereocenters. The minimum atomic E-state index is -0.210. The van der Waals surface area contributed by atoms with Gasteiger partial charge in [0, 0.05) is 10.2 Å². The van der Waals surface area contributed by atoms with Gasteiger partial charge in [0.25, 0.3) is 0 Å². The van der Waals surface area contributed by atoms with Crippen LogP contribution in [0, 0.1) is 5.82 Å². The number of benzene rings is 2. The van der Waals surface area contributed by atoms with Crippen molar-refractivity contribution in [3.63, 3.8) is 0 Å². The normalized spacial score (nSPS) is 10.4. The van der Waals surface area contributed by atoms with Gasteiger partial charge in [0.05, 0.1) is 6.54 Å². The number of halogens is 2. The first kappa shape index (κ1) is 15.7. The molecular weight excluding hydrogens is 335 g/mol. The average molecular weight is 351 g/mol. The second-order valence-corrected chi connectivity index (χ2v) is 5.49. The van der Waals surface area contributed by atoms with Crippen LogP contribution in [0.15, 0.2) is 53.0 Å². The van der Waals surface area contributed by atoms with Crippen molar-refractivity contribution in [2.45, 2.75) is 6.42 Å². The van der Waals surface area contributed by atoms with Crippen LogP contribution in [0.2, 0.25) is 0 Å². The van der Waals surface area contributed by atoms with Gasteiger partial charge in [0.15, 0.2) is 0 Å². The highest BCUT2D eigenvalue weighted by molar-refractivity contribution is 9.10. The molecular formula is C16H16BrFN2O. The molecule has 0 saturated heterocycles. The molecule has 110 valence electrons. The average Bonchev–Trinajstić information content (AvgIpc) is 2.45. The zero-order valence-electron chi connectivity index (χ0n) is 11.4. The summed E-state index contributed by atoms with van der Waals surface area (Å²) >= 11 is 3.35. The monoisotopic (exact) mass is 350 g/mol. The molecule has 2 N–H and O–H groups in total. The van der Waals surface area contributed by atoms with Crippen LogP contribution in [0.3, 0.4) is 0 Å². The Hall–Kier alpha value is -1.72. The van der Waals surface area contributed by atoms with Gasteiger partial charge >= 0.3 is 0 Å². The van der Waals surface area contributed by atoms with E-state index in [1.165, 1.54) is 6.07 Å².